The molecule has 6 heteroatoms. The summed E-state index contributed by atoms with van der Waals surface area (Å²) < 4.78 is 5.69. The summed E-state index contributed by atoms with van der Waals surface area (Å²) in [6.07, 6.45) is 1.74. The van der Waals surface area contributed by atoms with Crippen LogP contribution in [-0.4, -0.2) is 33.7 Å². The van der Waals surface area contributed by atoms with Crippen LogP contribution in [0.2, 0.25) is 0 Å². The minimum Gasteiger partial charge on any atom is -0.489 e. The van der Waals surface area contributed by atoms with Crippen molar-refractivity contribution in [1.29, 1.82) is 0 Å². The monoisotopic (exact) mass is 480 g/mol. The summed E-state index contributed by atoms with van der Waals surface area (Å²) in [4.78, 5) is 6.39. The van der Waals surface area contributed by atoms with Crippen LogP contribution in [-0.2, 0) is 13.1 Å². The molecule has 2 aromatic carbocycles. The Bertz CT molecular complexity index is 746. The maximum atomic E-state index is 5.69. The van der Waals surface area contributed by atoms with E-state index in [-0.39, 0.29) is 24.0 Å². The van der Waals surface area contributed by atoms with Crippen molar-refractivity contribution in [3.8, 4) is 5.75 Å². The van der Waals surface area contributed by atoms with Crippen LogP contribution in [0.25, 0.3) is 0 Å². The van der Waals surface area contributed by atoms with Gasteiger partial charge in [-0.1, -0.05) is 43.0 Å². The number of nitrogens with one attached hydrogen (secondary N) is 2. The summed E-state index contributed by atoms with van der Waals surface area (Å²) in [5.41, 5.74) is 3.46. The highest BCUT2D eigenvalue weighted by atomic mass is 127. The number of anilines is 1. The summed E-state index contributed by atoms with van der Waals surface area (Å²) in [6.45, 7) is 5.52. The van der Waals surface area contributed by atoms with Crippen LogP contribution in [0.4, 0.5) is 5.69 Å². The highest BCUT2D eigenvalue weighted by Crippen LogP contribution is 2.17. The summed E-state index contributed by atoms with van der Waals surface area (Å²) in [5, 5.41) is 6.68. The topological polar surface area (TPSA) is 48.9 Å². The lowest BCUT2D eigenvalue weighted by atomic mass is 10.2. The molecule has 146 valence electrons. The van der Waals surface area contributed by atoms with Crippen LogP contribution < -0.4 is 20.3 Å². The van der Waals surface area contributed by atoms with Crippen molar-refractivity contribution in [2.75, 3.05) is 32.6 Å². The van der Waals surface area contributed by atoms with Gasteiger partial charge in [-0.2, -0.15) is 0 Å². The number of benzene rings is 2. The van der Waals surface area contributed by atoms with Crippen LogP contribution in [0.1, 0.15) is 11.1 Å². The quantitative estimate of drug-likeness (QED) is 0.261. The van der Waals surface area contributed by atoms with Gasteiger partial charge in [0.05, 0.1) is 0 Å². The predicted octanol–water partition coefficient (Wildman–Crippen LogP) is 3.80. The van der Waals surface area contributed by atoms with E-state index in [4.69, 9.17) is 4.74 Å². The lowest BCUT2D eigenvalue weighted by Crippen LogP contribution is -2.36. The summed E-state index contributed by atoms with van der Waals surface area (Å²) >= 11 is 0. The third-order valence-corrected chi connectivity index (χ3v) is 3.89. The molecule has 0 spiro atoms. The third kappa shape index (κ3) is 7.50. The van der Waals surface area contributed by atoms with Crippen molar-refractivity contribution in [2.24, 2.45) is 4.99 Å². The third-order valence-electron chi connectivity index (χ3n) is 3.89. The maximum absolute atomic E-state index is 5.69. The van der Waals surface area contributed by atoms with Gasteiger partial charge < -0.3 is 20.3 Å². The second kappa shape index (κ2) is 12.2. The average Bonchev–Trinajstić information content (AvgIpc) is 2.67. The molecule has 0 radical (unpaired) electrons. The van der Waals surface area contributed by atoms with Gasteiger partial charge in [0.2, 0.25) is 0 Å². The Kier molecular flexibility index (Phi) is 10.3. The van der Waals surface area contributed by atoms with E-state index in [0.29, 0.717) is 19.7 Å². The fourth-order valence-electron chi connectivity index (χ4n) is 2.47. The molecule has 0 aliphatic rings. The molecule has 2 N–H and O–H groups in total. The predicted molar refractivity (Wildman–Crippen MR) is 125 cm³/mol. The zero-order valence-corrected chi connectivity index (χ0v) is 18.6. The number of aliphatic imine (C=N–C) groups is 1. The van der Waals surface area contributed by atoms with E-state index in [2.05, 4.69) is 51.4 Å². The first kappa shape index (κ1) is 22.8. The first-order chi connectivity index (χ1) is 12.6. The molecule has 2 aromatic rings. The number of hydrogen-bond acceptors (Lipinski definition) is 3. The Morgan fingerprint density at radius 3 is 2.56 bits per heavy atom. The second-order valence-electron chi connectivity index (χ2n) is 6.05. The van der Waals surface area contributed by atoms with Gasteiger partial charge in [0.25, 0.3) is 0 Å². The molecule has 0 aliphatic heterocycles. The zero-order valence-electron chi connectivity index (χ0n) is 16.2. The molecule has 0 saturated carbocycles. The number of ether oxygens (including phenoxy) is 1. The Morgan fingerprint density at radius 2 is 1.85 bits per heavy atom. The van der Waals surface area contributed by atoms with E-state index in [1.54, 1.807) is 13.1 Å². The van der Waals surface area contributed by atoms with E-state index in [9.17, 15) is 0 Å². The van der Waals surface area contributed by atoms with Gasteiger partial charge in [0.15, 0.2) is 5.96 Å². The minimum atomic E-state index is 0. The normalized spacial score (nSPS) is 10.6. The van der Waals surface area contributed by atoms with Crippen LogP contribution >= 0.6 is 24.0 Å². The summed E-state index contributed by atoms with van der Waals surface area (Å²) in [5.74, 6) is 1.60. The molecule has 0 unspecified atom stereocenters. The molecule has 0 amide bonds. The molecule has 0 heterocycles. The lowest BCUT2D eigenvalue weighted by molar-refractivity contribution is 0.358. The minimum absolute atomic E-state index is 0. The fourth-order valence-corrected chi connectivity index (χ4v) is 2.47. The van der Waals surface area contributed by atoms with Gasteiger partial charge in [0, 0.05) is 45.5 Å². The van der Waals surface area contributed by atoms with Crippen molar-refractivity contribution in [3.63, 3.8) is 0 Å². The SMILES string of the molecule is C=CCOc1ccccc1CNC(=NC)NCc1cccc(N(C)C)c1.I. The molecule has 0 aromatic heterocycles. The number of para-hydroxylation sites is 1. The van der Waals surface area contributed by atoms with Crippen molar-refractivity contribution in [1.82, 2.24) is 10.6 Å². The lowest BCUT2D eigenvalue weighted by Gasteiger charge is -2.16. The standard InChI is InChI=1S/C21H28N4O.HI/c1-5-13-26-20-12-7-6-10-18(20)16-24-21(22-2)23-15-17-9-8-11-19(14-17)25(3)4;/h5-12,14H,1,13,15-16H2,2-4H3,(H2,22,23,24);1H. The van der Waals surface area contributed by atoms with Crippen LogP contribution in [0, 0.1) is 0 Å². The molecule has 0 fully saturated rings. The van der Waals surface area contributed by atoms with E-state index in [0.717, 1.165) is 17.3 Å². The molecular formula is C21H29IN4O. The molecule has 0 bridgehead atoms. The molecular weight excluding hydrogens is 451 g/mol. The van der Waals surface area contributed by atoms with Gasteiger partial charge in [-0.3, -0.25) is 4.99 Å². The largest absolute Gasteiger partial charge is 0.489 e. The second-order valence-corrected chi connectivity index (χ2v) is 6.05. The first-order valence-electron chi connectivity index (χ1n) is 8.66. The Labute approximate surface area is 179 Å². The number of nitrogens with zero attached hydrogens (tertiary/aromatic N) is 2. The number of halogens is 1. The fraction of sp³-hybridized carbons (Fsp3) is 0.286. The van der Waals surface area contributed by atoms with Gasteiger partial charge in [-0.05, 0) is 23.8 Å². The molecule has 0 atom stereocenters. The summed E-state index contributed by atoms with van der Waals surface area (Å²) in [6, 6.07) is 16.4. The number of rotatable bonds is 8. The van der Waals surface area contributed by atoms with Crippen molar-refractivity contribution >= 4 is 35.6 Å². The highest BCUT2D eigenvalue weighted by molar-refractivity contribution is 14.0. The molecule has 0 aliphatic carbocycles. The molecule has 2 rings (SSSR count). The van der Waals surface area contributed by atoms with Crippen molar-refractivity contribution in [2.45, 2.75) is 13.1 Å². The van der Waals surface area contributed by atoms with E-state index in [1.165, 1.54) is 11.3 Å². The van der Waals surface area contributed by atoms with E-state index >= 15 is 0 Å². The average molecular weight is 480 g/mol. The first-order valence-corrected chi connectivity index (χ1v) is 8.66. The molecule has 0 saturated heterocycles. The van der Waals surface area contributed by atoms with E-state index in [1.807, 2.05) is 38.4 Å². The molecule has 5 nitrogen and oxygen atoms in total. The number of hydrogen-bond donors (Lipinski definition) is 2. The van der Waals surface area contributed by atoms with Gasteiger partial charge in [-0.25, -0.2) is 0 Å². The van der Waals surface area contributed by atoms with Gasteiger partial charge in [0.1, 0.15) is 12.4 Å². The van der Waals surface area contributed by atoms with Crippen molar-refractivity contribution in [3.05, 3.63) is 72.3 Å². The number of guanidine groups is 1. The smallest absolute Gasteiger partial charge is 0.191 e. The van der Waals surface area contributed by atoms with E-state index < -0.39 is 0 Å². The van der Waals surface area contributed by atoms with Crippen molar-refractivity contribution < 1.29 is 4.74 Å². The van der Waals surface area contributed by atoms with Crippen LogP contribution in [0.5, 0.6) is 5.75 Å². The maximum Gasteiger partial charge on any atom is 0.191 e. The van der Waals surface area contributed by atoms with Crippen LogP contribution in [0.3, 0.4) is 0 Å². The Balaban J connectivity index is 0.00000364. The highest BCUT2D eigenvalue weighted by Gasteiger charge is 2.05. The Hall–Kier alpha value is -2.22. The van der Waals surface area contributed by atoms with Crippen LogP contribution in [0.15, 0.2) is 66.2 Å². The molecule has 27 heavy (non-hydrogen) atoms. The van der Waals surface area contributed by atoms with Gasteiger partial charge in [-0.15, -0.1) is 24.0 Å². The van der Waals surface area contributed by atoms with Gasteiger partial charge >= 0.3 is 0 Å². The Morgan fingerprint density at radius 1 is 1.11 bits per heavy atom. The zero-order chi connectivity index (χ0) is 18.8. The summed E-state index contributed by atoms with van der Waals surface area (Å²) in [7, 11) is 5.85.